The Bertz CT molecular complexity index is 1190. The molecular weight excluding hydrogens is 441 g/mol. The topological polar surface area (TPSA) is 67.2 Å². The Labute approximate surface area is 196 Å². The summed E-state index contributed by atoms with van der Waals surface area (Å²) in [6, 6.07) is 12.6. The molecule has 1 aliphatic carbocycles. The minimum atomic E-state index is -1.03. The summed E-state index contributed by atoms with van der Waals surface area (Å²) in [5, 5.41) is 25.5. The third kappa shape index (κ3) is 3.11. The van der Waals surface area contributed by atoms with E-state index >= 15 is 0 Å². The number of aliphatic hydroxyl groups excluding tert-OH is 2. The van der Waals surface area contributed by atoms with Crippen molar-refractivity contribution < 1.29 is 19.4 Å². The number of fused-ring (bicyclic) bond motifs is 5. The molecule has 172 valence electrons. The zero-order valence-corrected chi connectivity index (χ0v) is 19.3. The molecule has 33 heavy (non-hydrogen) atoms. The Hall–Kier alpha value is -2.55. The van der Waals surface area contributed by atoms with Gasteiger partial charge in [0, 0.05) is 22.6 Å². The van der Waals surface area contributed by atoms with Crippen molar-refractivity contribution >= 4 is 17.7 Å². The lowest BCUT2D eigenvalue weighted by molar-refractivity contribution is -0.164. The van der Waals surface area contributed by atoms with Gasteiger partial charge < -0.3 is 15.1 Å². The largest absolute Gasteiger partial charge is 0.507 e. The first kappa shape index (κ1) is 21.0. The van der Waals surface area contributed by atoms with Gasteiger partial charge in [0.05, 0.1) is 18.8 Å². The van der Waals surface area contributed by atoms with E-state index in [-0.39, 0.29) is 47.2 Å². The predicted molar refractivity (Wildman–Crippen MR) is 122 cm³/mol. The molecule has 8 heteroatoms. The lowest BCUT2D eigenvalue weighted by Gasteiger charge is -2.52. The normalized spacial score (nSPS) is 28.8. The number of hydrogen-bond donors (Lipinski definition) is 2. The van der Waals surface area contributed by atoms with Gasteiger partial charge in [0.25, 0.3) is 5.91 Å². The number of thioether (sulfide) groups is 1. The van der Waals surface area contributed by atoms with E-state index in [1.807, 2.05) is 37.1 Å². The fraction of sp³-hybridized carbons (Fsp3) is 0.400. The van der Waals surface area contributed by atoms with Gasteiger partial charge >= 0.3 is 0 Å². The molecule has 1 amide bonds. The number of aliphatic hydroxyl groups is 2. The SMILES string of the molecule is CC(C)N1CN(C2c3ccccc3CSc3ccc(F)cc32)N2C(=C(O)C(O)C3CC32)C1=O. The number of nitrogens with zero attached hydrogens (tertiary/aromatic N) is 3. The van der Waals surface area contributed by atoms with Crippen molar-refractivity contribution in [3.05, 3.63) is 76.4 Å². The Morgan fingerprint density at radius 2 is 1.94 bits per heavy atom. The second kappa shape index (κ2) is 7.48. The highest BCUT2D eigenvalue weighted by molar-refractivity contribution is 7.98. The van der Waals surface area contributed by atoms with Crippen molar-refractivity contribution in [3.63, 3.8) is 0 Å². The summed E-state index contributed by atoms with van der Waals surface area (Å²) in [6.45, 7) is 4.19. The van der Waals surface area contributed by atoms with Gasteiger partial charge in [0.2, 0.25) is 0 Å². The third-order valence-electron chi connectivity index (χ3n) is 7.23. The summed E-state index contributed by atoms with van der Waals surface area (Å²) in [5.41, 5.74) is 3.23. The highest BCUT2D eigenvalue weighted by Crippen LogP contribution is 2.52. The van der Waals surface area contributed by atoms with Crippen LogP contribution < -0.4 is 0 Å². The minimum Gasteiger partial charge on any atom is -0.507 e. The van der Waals surface area contributed by atoms with E-state index < -0.39 is 6.10 Å². The van der Waals surface area contributed by atoms with Crippen LogP contribution in [0.1, 0.15) is 43.0 Å². The van der Waals surface area contributed by atoms with Gasteiger partial charge in [0.15, 0.2) is 11.5 Å². The van der Waals surface area contributed by atoms with Crippen molar-refractivity contribution in [1.82, 2.24) is 14.9 Å². The van der Waals surface area contributed by atoms with Crippen LogP contribution in [0.5, 0.6) is 0 Å². The first-order chi connectivity index (χ1) is 15.9. The van der Waals surface area contributed by atoms with Gasteiger partial charge in [0.1, 0.15) is 11.9 Å². The van der Waals surface area contributed by atoms with Crippen LogP contribution in [0.25, 0.3) is 0 Å². The molecule has 0 bridgehead atoms. The standard InChI is InChI=1S/C25H26FN3O3S/c1-13(2)27-12-28(29-19-10-17(19)23(30)24(31)22(29)25(27)32)21-16-6-4-3-5-14(16)11-33-20-8-7-15(26)9-18(20)21/h3-9,13,17,19,21,23,30-31H,10-12H2,1-2H3. The van der Waals surface area contributed by atoms with Crippen LogP contribution in [-0.2, 0) is 10.5 Å². The first-order valence-corrected chi connectivity index (χ1v) is 12.3. The zero-order chi connectivity index (χ0) is 23.0. The average molecular weight is 468 g/mol. The van der Waals surface area contributed by atoms with Crippen molar-refractivity contribution in [3.8, 4) is 0 Å². The maximum Gasteiger partial charge on any atom is 0.276 e. The Morgan fingerprint density at radius 3 is 2.73 bits per heavy atom. The Balaban J connectivity index is 1.58. The maximum absolute atomic E-state index is 14.6. The highest BCUT2D eigenvalue weighted by Gasteiger charge is 2.59. The minimum absolute atomic E-state index is 0.0655. The Kier molecular flexibility index (Phi) is 4.76. The third-order valence-corrected chi connectivity index (χ3v) is 8.37. The quantitative estimate of drug-likeness (QED) is 0.701. The van der Waals surface area contributed by atoms with Crippen LogP contribution in [0, 0.1) is 11.7 Å². The van der Waals surface area contributed by atoms with Crippen molar-refractivity contribution in [2.45, 2.75) is 55.1 Å². The molecule has 6 nitrogen and oxygen atoms in total. The predicted octanol–water partition coefficient (Wildman–Crippen LogP) is 3.78. The van der Waals surface area contributed by atoms with Gasteiger partial charge in [-0.1, -0.05) is 24.3 Å². The number of hydrazine groups is 1. The number of rotatable bonds is 2. The molecular formula is C25H26FN3O3S. The molecule has 1 saturated heterocycles. The number of hydrogen-bond acceptors (Lipinski definition) is 6. The van der Waals surface area contributed by atoms with Crippen LogP contribution in [-0.4, -0.2) is 55.9 Å². The fourth-order valence-electron chi connectivity index (χ4n) is 5.44. The van der Waals surface area contributed by atoms with E-state index in [2.05, 4.69) is 17.1 Å². The average Bonchev–Trinajstić information content (AvgIpc) is 3.60. The van der Waals surface area contributed by atoms with Gasteiger partial charge in [-0.15, -0.1) is 11.8 Å². The molecule has 3 aliphatic heterocycles. The fourth-order valence-corrected chi connectivity index (χ4v) is 6.52. The number of halogens is 1. The summed E-state index contributed by atoms with van der Waals surface area (Å²) in [6.07, 6.45) is -0.333. The summed E-state index contributed by atoms with van der Waals surface area (Å²) in [5.74, 6) is -0.185. The molecule has 2 aromatic carbocycles. The number of amides is 1. The monoisotopic (exact) mass is 467 g/mol. The molecule has 4 atom stereocenters. The molecule has 3 heterocycles. The number of carbonyl (C=O) groups is 1. The molecule has 0 spiro atoms. The molecule has 2 N–H and O–H groups in total. The van der Waals surface area contributed by atoms with Crippen LogP contribution >= 0.6 is 11.8 Å². The van der Waals surface area contributed by atoms with Crippen LogP contribution in [0.2, 0.25) is 0 Å². The van der Waals surface area contributed by atoms with Crippen molar-refractivity contribution in [2.24, 2.45) is 5.92 Å². The number of carbonyl (C=O) groups excluding carboxylic acids is 1. The van der Waals surface area contributed by atoms with E-state index in [9.17, 15) is 19.4 Å². The summed E-state index contributed by atoms with van der Waals surface area (Å²) < 4.78 is 14.6. The molecule has 4 aliphatic rings. The van der Waals surface area contributed by atoms with Gasteiger partial charge in [-0.3, -0.25) is 9.80 Å². The maximum atomic E-state index is 14.6. The highest BCUT2D eigenvalue weighted by atomic mass is 32.2. The van der Waals surface area contributed by atoms with Crippen LogP contribution in [0.4, 0.5) is 4.39 Å². The van der Waals surface area contributed by atoms with Crippen molar-refractivity contribution in [2.75, 3.05) is 6.67 Å². The van der Waals surface area contributed by atoms with E-state index in [4.69, 9.17) is 0 Å². The molecule has 2 aromatic rings. The molecule has 2 fully saturated rings. The second-order valence-corrected chi connectivity index (χ2v) is 10.5. The van der Waals surface area contributed by atoms with E-state index in [0.29, 0.717) is 13.1 Å². The van der Waals surface area contributed by atoms with Crippen LogP contribution in [0.3, 0.4) is 0 Å². The molecule has 4 unspecified atom stereocenters. The second-order valence-electron chi connectivity index (χ2n) is 9.51. The van der Waals surface area contributed by atoms with E-state index in [0.717, 1.165) is 27.3 Å². The van der Waals surface area contributed by atoms with Gasteiger partial charge in [-0.2, -0.15) is 5.01 Å². The van der Waals surface area contributed by atoms with Gasteiger partial charge in [-0.25, -0.2) is 4.39 Å². The first-order valence-electron chi connectivity index (χ1n) is 11.3. The van der Waals surface area contributed by atoms with Crippen LogP contribution in [0.15, 0.2) is 58.8 Å². The molecule has 1 saturated carbocycles. The van der Waals surface area contributed by atoms with E-state index in [1.54, 1.807) is 22.7 Å². The summed E-state index contributed by atoms with van der Waals surface area (Å²) in [4.78, 5) is 16.1. The van der Waals surface area contributed by atoms with E-state index in [1.165, 1.54) is 6.07 Å². The van der Waals surface area contributed by atoms with Gasteiger partial charge in [-0.05, 0) is 55.2 Å². The smallest absolute Gasteiger partial charge is 0.276 e. The lowest BCUT2D eigenvalue weighted by atomic mass is 9.93. The molecule has 0 radical (unpaired) electrons. The number of benzene rings is 2. The molecule has 6 rings (SSSR count). The molecule has 0 aromatic heterocycles. The summed E-state index contributed by atoms with van der Waals surface area (Å²) >= 11 is 1.68. The zero-order valence-electron chi connectivity index (χ0n) is 18.5. The lowest BCUT2D eigenvalue weighted by Crippen LogP contribution is -2.63. The Morgan fingerprint density at radius 1 is 1.15 bits per heavy atom. The van der Waals surface area contributed by atoms with Crippen molar-refractivity contribution in [1.29, 1.82) is 0 Å². The summed E-state index contributed by atoms with van der Waals surface area (Å²) in [7, 11) is 0.